The number of hydrogen-bond acceptors (Lipinski definition) is 1. The van der Waals surface area contributed by atoms with Crippen LogP contribution in [-0.4, -0.2) is 12.8 Å². The summed E-state index contributed by atoms with van der Waals surface area (Å²) < 4.78 is 0. The van der Waals surface area contributed by atoms with Gasteiger partial charge in [0.2, 0.25) is 0 Å². The fourth-order valence-corrected chi connectivity index (χ4v) is 0.191. The summed E-state index contributed by atoms with van der Waals surface area (Å²) in [6.45, 7) is 6.19. The van der Waals surface area contributed by atoms with Crippen molar-refractivity contribution in [3.63, 3.8) is 0 Å². The molecule has 0 amide bonds. The monoisotopic (exact) mass is 267 g/mol. The molecule has 0 unspecified atom stereocenters. The van der Waals surface area contributed by atoms with E-state index in [1.807, 2.05) is 0 Å². The molecule has 0 atom stereocenters. The average Bonchev–Trinajstić information content (AvgIpc) is 1.61. The summed E-state index contributed by atoms with van der Waals surface area (Å²) in [6.07, 6.45) is 3.53. The first-order valence-electron chi connectivity index (χ1n) is 2.04. The third-order valence-electron chi connectivity index (χ3n) is 0.428. The minimum Gasteiger partial charge on any atom is -0.505 e. The van der Waals surface area contributed by atoms with E-state index in [0.717, 1.165) is 13.0 Å². The van der Waals surface area contributed by atoms with Crippen molar-refractivity contribution in [1.29, 1.82) is 0 Å². The minimum absolute atomic E-state index is 0. The molecule has 7 heavy (non-hydrogen) atoms. The molecule has 0 saturated carbocycles. The molecule has 0 aromatic rings. The van der Waals surface area contributed by atoms with E-state index >= 15 is 0 Å². The Kier molecular flexibility index (Phi) is 14.2. The molecule has 0 aliphatic heterocycles. The predicted octanol–water partition coefficient (Wildman–Crippen LogP) is 1.18. The Morgan fingerprint density at radius 3 is 2.43 bits per heavy atom. The number of aliphatic imine (C=N–C) groups is 1. The van der Waals surface area contributed by atoms with Crippen LogP contribution in [0, 0.1) is 6.92 Å². The van der Waals surface area contributed by atoms with Crippen LogP contribution in [0.1, 0.15) is 13.3 Å². The maximum Gasteiger partial charge on any atom is 2.00 e. The van der Waals surface area contributed by atoms with E-state index in [2.05, 4.69) is 18.1 Å². The molecular weight excluding hydrogens is 258 g/mol. The van der Waals surface area contributed by atoms with E-state index in [1.54, 1.807) is 6.92 Å². The fourth-order valence-electron chi connectivity index (χ4n) is 0.191. The summed E-state index contributed by atoms with van der Waals surface area (Å²) in [5.41, 5.74) is 0. The van der Waals surface area contributed by atoms with Crippen LogP contribution in [0.25, 0.3) is 0 Å². The van der Waals surface area contributed by atoms with Crippen LogP contribution in [-0.2, 0) is 21.1 Å². The second-order valence-electron chi connectivity index (χ2n) is 0.959. The van der Waals surface area contributed by atoms with Gasteiger partial charge in [-0.25, -0.2) is 0 Å². The maximum atomic E-state index is 3.78. The quantitative estimate of drug-likeness (QED) is 0.526. The molecule has 0 radical (unpaired) electrons. The van der Waals surface area contributed by atoms with Crippen LogP contribution in [0.15, 0.2) is 4.99 Å². The molecule has 0 heterocycles. The third kappa shape index (κ3) is 10.7. The van der Waals surface area contributed by atoms with Gasteiger partial charge in [-0.3, -0.25) is 0 Å². The zero-order valence-electron chi connectivity index (χ0n) is 4.48. The van der Waals surface area contributed by atoms with Crippen molar-refractivity contribution in [2.45, 2.75) is 13.3 Å². The van der Waals surface area contributed by atoms with Crippen molar-refractivity contribution in [3.8, 4) is 0 Å². The first-order chi connectivity index (χ1) is 2.91. The Morgan fingerprint density at radius 2 is 2.29 bits per heavy atom. The van der Waals surface area contributed by atoms with Crippen LogP contribution in [0.3, 0.4) is 0 Å². The fraction of sp³-hybridized carbons (Fsp3) is 0.600. The molecule has 0 saturated heterocycles. The van der Waals surface area contributed by atoms with Crippen molar-refractivity contribution in [2.24, 2.45) is 4.99 Å². The summed E-state index contributed by atoms with van der Waals surface area (Å²) in [5, 5.41) is 0. The van der Waals surface area contributed by atoms with Gasteiger partial charge in [0.1, 0.15) is 0 Å². The van der Waals surface area contributed by atoms with Crippen molar-refractivity contribution < 1.29 is 21.1 Å². The predicted molar refractivity (Wildman–Crippen MR) is 27.9 cm³/mol. The maximum absolute atomic E-state index is 3.78. The van der Waals surface area contributed by atoms with Crippen LogP contribution >= 0.6 is 0 Å². The van der Waals surface area contributed by atoms with Gasteiger partial charge in [-0.15, -0.1) is 0 Å². The molecule has 2 heteroatoms. The van der Waals surface area contributed by atoms with Crippen LogP contribution in [0.4, 0.5) is 0 Å². The second kappa shape index (κ2) is 9.61. The Bertz CT molecular complexity index is 43.3. The van der Waals surface area contributed by atoms with Crippen molar-refractivity contribution in [1.82, 2.24) is 0 Å². The van der Waals surface area contributed by atoms with E-state index in [4.69, 9.17) is 0 Å². The summed E-state index contributed by atoms with van der Waals surface area (Å²) in [6, 6.07) is 0. The molecule has 0 aliphatic carbocycles. The first-order valence-corrected chi connectivity index (χ1v) is 2.04. The van der Waals surface area contributed by atoms with Crippen LogP contribution in [0.2, 0.25) is 0 Å². The van der Waals surface area contributed by atoms with E-state index in [9.17, 15) is 0 Å². The molecule has 0 bridgehead atoms. The molecule has 0 aliphatic rings. The molecule has 0 aromatic carbocycles. The molecule has 0 rings (SSSR count). The SMILES string of the molecule is [CH2-]CCN=[C-]C.[W+2]. The van der Waals surface area contributed by atoms with Crippen molar-refractivity contribution in [3.05, 3.63) is 6.92 Å². The topological polar surface area (TPSA) is 12.4 Å². The van der Waals surface area contributed by atoms with Gasteiger partial charge in [0.25, 0.3) is 0 Å². The summed E-state index contributed by atoms with van der Waals surface area (Å²) in [4.78, 5) is 3.78. The molecule has 0 fully saturated rings. The van der Waals surface area contributed by atoms with Crippen LogP contribution < -0.4 is 0 Å². The van der Waals surface area contributed by atoms with Gasteiger partial charge in [-0.05, 0) is 6.54 Å². The van der Waals surface area contributed by atoms with Gasteiger partial charge in [0.05, 0.1) is 0 Å². The van der Waals surface area contributed by atoms with Gasteiger partial charge in [-0.2, -0.15) is 13.3 Å². The largest absolute Gasteiger partial charge is 2.00 e. The first kappa shape index (κ1) is 10.4. The van der Waals surface area contributed by atoms with Crippen molar-refractivity contribution in [2.75, 3.05) is 6.54 Å². The van der Waals surface area contributed by atoms with Gasteiger partial charge >= 0.3 is 21.1 Å². The smallest absolute Gasteiger partial charge is 0.505 e. The molecule has 0 spiro atoms. The van der Waals surface area contributed by atoms with E-state index in [1.165, 1.54) is 0 Å². The Morgan fingerprint density at radius 1 is 1.71 bits per heavy atom. The minimum atomic E-state index is 0. The second-order valence-corrected chi connectivity index (χ2v) is 0.959. The standard InChI is InChI=1S/C5H9N.W/c1-3-5-6-4-2;/h1,3,5H2,2H3;/q-2;+2. The van der Waals surface area contributed by atoms with Gasteiger partial charge in [0.15, 0.2) is 0 Å². The Labute approximate surface area is 59.5 Å². The number of nitrogens with zero attached hydrogens (tertiary/aromatic N) is 1. The molecule has 40 valence electrons. The summed E-state index contributed by atoms with van der Waals surface area (Å²) in [5.74, 6) is 0. The van der Waals surface area contributed by atoms with Crippen molar-refractivity contribution >= 4 is 6.21 Å². The molecule has 0 aromatic heterocycles. The zero-order valence-corrected chi connectivity index (χ0v) is 7.41. The van der Waals surface area contributed by atoms with Crippen LogP contribution in [0.5, 0.6) is 0 Å². The third-order valence-corrected chi connectivity index (χ3v) is 0.428. The average molecular weight is 267 g/mol. The summed E-state index contributed by atoms with van der Waals surface area (Å²) in [7, 11) is 0. The zero-order chi connectivity index (χ0) is 4.83. The summed E-state index contributed by atoms with van der Waals surface area (Å²) >= 11 is 0. The van der Waals surface area contributed by atoms with Gasteiger partial charge in [0, 0.05) is 0 Å². The normalized spacial score (nSPS) is 8.86. The number of hydrogen-bond donors (Lipinski definition) is 0. The number of rotatable bonds is 2. The molecule has 1 nitrogen and oxygen atoms in total. The van der Waals surface area contributed by atoms with Gasteiger partial charge in [-0.1, -0.05) is 0 Å². The van der Waals surface area contributed by atoms with E-state index < -0.39 is 0 Å². The Balaban J connectivity index is 0. The van der Waals surface area contributed by atoms with E-state index in [-0.39, 0.29) is 21.1 Å². The molecule has 0 N–H and O–H groups in total. The Hall–Kier alpha value is 0.358. The molecular formula is C5H9NW. The van der Waals surface area contributed by atoms with E-state index in [0.29, 0.717) is 0 Å². The van der Waals surface area contributed by atoms with Gasteiger partial charge < -0.3 is 18.1 Å².